The van der Waals surface area contributed by atoms with E-state index in [0.717, 1.165) is 13.0 Å². The van der Waals surface area contributed by atoms with Crippen LogP contribution in [-0.4, -0.2) is 21.7 Å². The highest BCUT2D eigenvalue weighted by Gasteiger charge is 2.24. The zero-order chi connectivity index (χ0) is 14.6. The first-order chi connectivity index (χ1) is 8.77. The van der Waals surface area contributed by atoms with Crippen molar-refractivity contribution < 1.29 is 0 Å². The van der Waals surface area contributed by atoms with Gasteiger partial charge in [-0.25, -0.2) is 0 Å². The molecule has 0 aromatic carbocycles. The zero-order valence-corrected chi connectivity index (χ0v) is 12.6. The first-order valence-electron chi connectivity index (χ1n) is 6.76. The molecule has 0 aliphatic rings. The fourth-order valence-corrected chi connectivity index (χ4v) is 1.89. The quantitative estimate of drug-likeness (QED) is 0.809. The second-order valence-electron chi connectivity index (χ2n) is 6.04. The molecule has 5 nitrogen and oxygen atoms in total. The van der Waals surface area contributed by atoms with Crippen LogP contribution in [0.1, 0.15) is 34.1 Å². The number of nitrogens with zero attached hydrogens (tertiary/aromatic N) is 2. The van der Waals surface area contributed by atoms with Crippen molar-refractivity contribution in [2.24, 2.45) is 12.5 Å². The molecule has 1 aromatic heterocycles. The Morgan fingerprint density at radius 1 is 1.21 bits per heavy atom. The zero-order valence-electron chi connectivity index (χ0n) is 12.6. The average molecular weight is 267 g/mol. The summed E-state index contributed by atoms with van der Waals surface area (Å²) in [6, 6.07) is 0.150. The van der Waals surface area contributed by atoms with E-state index in [2.05, 4.69) is 33.0 Å². The topological polar surface area (TPSA) is 56.0 Å². The summed E-state index contributed by atoms with van der Waals surface area (Å²) in [5.41, 5.74) is -0.918. The van der Waals surface area contributed by atoms with E-state index in [-0.39, 0.29) is 11.5 Å². The molecule has 108 valence electrons. The Morgan fingerprint density at radius 2 is 1.84 bits per heavy atom. The lowest BCUT2D eigenvalue weighted by Gasteiger charge is -2.32. The molecule has 0 aliphatic heterocycles. The largest absolute Gasteiger partial charge is 0.316 e. The van der Waals surface area contributed by atoms with Crippen molar-refractivity contribution >= 4 is 0 Å². The van der Waals surface area contributed by atoms with E-state index < -0.39 is 11.1 Å². The number of rotatable bonds is 5. The Kier molecular flexibility index (Phi) is 5.11. The van der Waals surface area contributed by atoms with Crippen molar-refractivity contribution in [3.8, 4) is 0 Å². The lowest BCUT2D eigenvalue weighted by Crippen LogP contribution is -2.48. The van der Waals surface area contributed by atoms with Gasteiger partial charge in [-0.15, -0.1) is 0 Å². The summed E-state index contributed by atoms with van der Waals surface area (Å²) in [5.74, 6) is 0. The second kappa shape index (κ2) is 6.19. The lowest BCUT2D eigenvalue weighted by molar-refractivity contribution is 0.240. The van der Waals surface area contributed by atoms with Crippen molar-refractivity contribution in [3.63, 3.8) is 0 Å². The van der Waals surface area contributed by atoms with Crippen LogP contribution >= 0.6 is 0 Å². The maximum absolute atomic E-state index is 11.9. The molecule has 1 N–H and O–H groups in total. The third kappa shape index (κ3) is 4.06. The van der Waals surface area contributed by atoms with Gasteiger partial charge in [-0.2, -0.15) is 0 Å². The third-order valence-corrected chi connectivity index (χ3v) is 3.30. The van der Waals surface area contributed by atoms with Gasteiger partial charge in [0, 0.05) is 32.0 Å². The van der Waals surface area contributed by atoms with E-state index in [1.54, 1.807) is 19.4 Å². The van der Waals surface area contributed by atoms with Crippen LogP contribution in [0, 0.1) is 5.41 Å². The summed E-state index contributed by atoms with van der Waals surface area (Å²) in [6.07, 6.45) is 4.34. The summed E-state index contributed by atoms with van der Waals surface area (Å²) >= 11 is 0. The second-order valence-corrected chi connectivity index (χ2v) is 6.04. The van der Waals surface area contributed by atoms with E-state index in [1.165, 1.54) is 9.13 Å². The monoisotopic (exact) mass is 267 g/mol. The van der Waals surface area contributed by atoms with Gasteiger partial charge in [0.2, 0.25) is 0 Å². The number of aromatic nitrogens is 2. The van der Waals surface area contributed by atoms with Gasteiger partial charge < -0.3 is 14.5 Å². The lowest BCUT2D eigenvalue weighted by atomic mass is 9.86. The Morgan fingerprint density at radius 3 is 2.37 bits per heavy atom. The van der Waals surface area contributed by atoms with Crippen LogP contribution in [0.5, 0.6) is 0 Å². The third-order valence-electron chi connectivity index (χ3n) is 3.30. The number of hydrogen-bond donors (Lipinski definition) is 1. The van der Waals surface area contributed by atoms with Crippen molar-refractivity contribution in [2.45, 2.75) is 46.7 Å². The molecule has 0 fully saturated rings. The minimum Gasteiger partial charge on any atom is -0.312 e. The van der Waals surface area contributed by atoms with Gasteiger partial charge >= 0.3 is 11.1 Å². The molecule has 19 heavy (non-hydrogen) atoms. The van der Waals surface area contributed by atoms with Gasteiger partial charge in [0.25, 0.3) is 0 Å². The molecular formula is C14H25N3O2. The summed E-state index contributed by atoms with van der Waals surface area (Å²) < 4.78 is 2.81. The first kappa shape index (κ1) is 15.7. The Hall–Kier alpha value is -1.36. The van der Waals surface area contributed by atoms with Crippen LogP contribution < -0.4 is 16.4 Å². The maximum Gasteiger partial charge on any atom is 0.316 e. The van der Waals surface area contributed by atoms with Gasteiger partial charge in [-0.3, -0.25) is 9.59 Å². The van der Waals surface area contributed by atoms with Gasteiger partial charge in [0.1, 0.15) is 0 Å². The molecule has 1 heterocycles. The summed E-state index contributed by atoms with van der Waals surface area (Å²) in [7, 11) is 1.59. The summed E-state index contributed by atoms with van der Waals surface area (Å²) in [6.45, 7) is 9.92. The van der Waals surface area contributed by atoms with E-state index in [1.807, 2.05) is 0 Å². The normalized spacial score (nSPS) is 13.5. The fourth-order valence-electron chi connectivity index (χ4n) is 1.89. The van der Waals surface area contributed by atoms with E-state index >= 15 is 0 Å². The van der Waals surface area contributed by atoms with Crippen molar-refractivity contribution in [3.05, 3.63) is 33.1 Å². The van der Waals surface area contributed by atoms with Crippen LogP contribution in [-0.2, 0) is 13.6 Å². The highest BCUT2D eigenvalue weighted by atomic mass is 16.2. The van der Waals surface area contributed by atoms with Crippen molar-refractivity contribution in [1.29, 1.82) is 0 Å². The van der Waals surface area contributed by atoms with Gasteiger partial charge in [0.15, 0.2) is 0 Å². The standard InChI is InChI=1S/C14H25N3O2/c1-6-7-15-11(14(2,3)4)10-17-9-8-16(5)12(18)13(17)19/h8-9,11,15H,6-7,10H2,1-5H3. The van der Waals surface area contributed by atoms with Crippen LogP contribution in [0.25, 0.3) is 0 Å². The molecule has 0 saturated carbocycles. The molecule has 1 unspecified atom stereocenters. The van der Waals surface area contributed by atoms with E-state index in [0.29, 0.717) is 6.54 Å². The molecule has 5 heteroatoms. The highest BCUT2D eigenvalue weighted by molar-refractivity contribution is 4.88. The maximum atomic E-state index is 11.9. The van der Waals surface area contributed by atoms with Gasteiger partial charge in [0.05, 0.1) is 0 Å². The van der Waals surface area contributed by atoms with Crippen LogP contribution in [0.4, 0.5) is 0 Å². The van der Waals surface area contributed by atoms with Crippen LogP contribution in [0.2, 0.25) is 0 Å². The number of nitrogens with one attached hydrogen (secondary N) is 1. The molecule has 0 spiro atoms. The summed E-state index contributed by atoms with van der Waals surface area (Å²) in [5, 5.41) is 3.45. The molecule has 0 bridgehead atoms. The molecule has 1 atom stereocenters. The Bertz CT molecular complexity index is 523. The SMILES string of the molecule is CCCNC(Cn1ccn(C)c(=O)c1=O)C(C)(C)C. The predicted molar refractivity (Wildman–Crippen MR) is 77.5 cm³/mol. The summed E-state index contributed by atoms with van der Waals surface area (Å²) in [4.78, 5) is 23.6. The molecule has 0 radical (unpaired) electrons. The van der Waals surface area contributed by atoms with Crippen molar-refractivity contribution in [1.82, 2.24) is 14.5 Å². The molecule has 1 rings (SSSR count). The molecule has 0 saturated heterocycles. The first-order valence-corrected chi connectivity index (χ1v) is 6.76. The van der Waals surface area contributed by atoms with Crippen molar-refractivity contribution in [2.75, 3.05) is 6.54 Å². The number of hydrogen-bond acceptors (Lipinski definition) is 3. The molecule has 1 aromatic rings. The van der Waals surface area contributed by atoms with Gasteiger partial charge in [-0.05, 0) is 18.4 Å². The van der Waals surface area contributed by atoms with Gasteiger partial charge in [-0.1, -0.05) is 27.7 Å². The number of aryl methyl sites for hydroxylation is 1. The molecule has 0 amide bonds. The minimum absolute atomic E-state index is 0.0235. The molecule has 0 aliphatic carbocycles. The Balaban J connectivity index is 3.00. The predicted octanol–water partition coefficient (Wildman–Crippen LogP) is 0.961. The smallest absolute Gasteiger partial charge is 0.312 e. The molecular weight excluding hydrogens is 242 g/mol. The Labute approximate surface area is 114 Å². The van der Waals surface area contributed by atoms with E-state index in [9.17, 15) is 9.59 Å². The minimum atomic E-state index is -0.481. The van der Waals surface area contributed by atoms with E-state index in [4.69, 9.17) is 0 Å². The average Bonchev–Trinajstić information content (AvgIpc) is 2.32. The fraction of sp³-hybridized carbons (Fsp3) is 0.714. The van der Waals surface area contributed by atoms with Crippen LogP contribution in [0.3, 0.4) is 0 Å². The van der Waals surface area contributed by atoms with Crippen LogP contribution in [0.15, 0.2) is 22.0 Å². The highest BCUT2D eigenvalue weighted by Crippen LogP contribution is 2.20.